The van der Waals surface area contributed by atoms with Crippen molar-refractivity contribution >= 4 is 17.3 Å². The first-order valence-electron chi connectivity index (χ1n) is 6.29. The first-order valence-corrected chi connectivity index (χ1v) is 6.67. The zero-order chi connectivity index (χ0) is 14.4. The molecule has 0 saturated heterocycles. The van der Waals surface area contributed by atoms with E-state index in [-0.39, 0.29) is 6.61 Å². The van der Waals surface area contributed by atoms with Crippen LogP contribution < -0.4 is 10.1 Å². The van der Waals surface area contributed by atoms with Crippen molar-refractivity contribution in [2.24, 2.45) is 0 Å². The zero-order valence-corrected chi connectivity index (χ0v) is 11.9. The van der Waals surface area contributed by atoms with Crippen LogP contribution in [0.2, 0.25) is 5.02 Å². The molecule has 0 unspecified atom stereocenters. The number of halogens is 1. The Kier molecular flexibility index (Phi) is 4.86. The number of benzene rings is 2. The molecule has 3 nitrogen and oxygen atoms in total. The molecule has 2 aromatic rings. The molecule has 2 aromatic carbocycles. The summed E-state index contributed by atoms with van der Waals surface area (Å²) in [5.74, 6) is 0.723. The normalized spacial score (nSPS) is 9.85. The van der Waals surface area contributed by atoms with Gasteiger partial charge < -0.3 is 10.1 Å². The Bertz CT molecular complexity index is 635. The van der Waals surface area contributed by atoms with Crippen LogP contribution in [0.15, 0.2) is 42.5 Å². The number of hydrogen-bond donors (Lipinski definition) is 1. The van der Waals surface area contributed by atoms with Crippen LogP contribution in [0.4, 0.5) is 5.69 Å². The molecule has 0 aromatic heterocycles. The molecule has 0 aliphatic heterocycles. The molecule has 0 atom stereocenters. The maximum atomic E-state index is 8.59. The monoisotopic (exact) mass is 286 g/mol. The number of nitriles is 1. The molecule has 102 valence electrons. The molecule has 0 saturated carbocycles. The van der Waals surface area contributed by atoms with E-state index < -0.39 is 0 Å². The summed E-state index contributed by atoms with van der Waals surface area (Å²) in [6.07, 6.45) is 0. The van der Waals surface area contributed by atoms with Crippen LogP contribution in [-0.2, 0) is 6.54 Å². The van der Waals surface area contributed by atoms with E-state index in [2.05, 4.69) is 5.32 Å². The van der Waals surface area contributed by atoms with E-state index in [0.717, 1.165) is 27.6 Å². The first-order chi connectivity index (χ1) is 9.72. The van der Waals surface area contributed by atoms with Gasteiger partial charge in [-0.1, -0.05) is 35.9 Å². The van der Waals surface area contributed by atoms with Crippen LogP contribution in [0, 0.1) is 18.3 Å². The Morgan fingerprint density at radius 1 is 1.20 bits per heavy atom. The lowest BCUT2D eigenvalue weighted by Crippen LogP contribution is -2.04. The number of rotatable bonds is 5. The van der Waals surface area contributed by atoms with E-state index in [0.29, 0.717) is 6.54 Å². The van der Waals surface area contributed by atoms with Crippen LogP contribution in [0.5, 0.6) is 5.75 Å². The number of nitrogens with one attached hydrogen (secondary N) is 1. The topological polar surface area (TPSA) is 45.0 Å². The van der Waals surface area contributed by atoms with Crippen LogP contribution in [0.25, 0.3) is 0 Å². The minimum atomic E-state index is 0.0488. The smallest absolute Gasteiger partial charge is 0.174 e. The van der Waals surface area contributed by atoms with Gasteiger partial charge in [-0.15, -0.1) is 0 Å². The van der Waals surface area contributed by atoms with E-state index in [1.165, 1.54) is 0 Å². The Labute approximate surface area is 123 Å². The summed E-state index contributed by atoms with van der Waals surface area (Å²) in [6, 6.07) is 15.4. The third-order valence-electron chi connectivity index (χ3n) is 3.00. The van der Waals surface area contributed by atoms with Crippen molar-refractivity contribution in [2.75, 3.05) is 11.9 Å². The summed E-state index contributed by atoms with van der Waals surface area (Å²) in [5, 5.41) is 12.7. The van der Waals surface area contributed by atoms with Gasteiger partial charge in [-0.25, -0.2) is 0 Å². The molecule has 0 aliphatic carbocycles. The van der Waals surface area contributed by atoms with Gasteiger partial charge in [-0.05, 0) is 30.7 Å². The fourth-order valence-corrected chi connectivity index (χ4v) is 2.06. The summed E-state index contributed by atoms with van der Waals surface area (Å²) in [7, 11) is 0. The highest BCUT2D eigenvalue weighted by Gasteiger charge is 2.05. The SMILES string of the molecule is Cc1c(Cl)cccc1NCc1ccccc1OCC#N. The van der Waals surface area contributed by atoms with Crippen molar-refractivity contribution in [2.45, 2.75) is 13.5 Å². The Hall–Kier alpha value is -2.18. The number of nitrogens with zero attached hydrogens (tertiary/aromatic N) is 1. The lowest BCUT2D eigenvalue weighted by Gasteiger charge is -2.13. The maximum absolute atomic E-state index is 8.59. The number of anilines is 1. The quantitative estimate of drug-likeness (QED) is 0.897. The standard InChI is InChI=1S/C16H15ClN2O/c1-12-14(17)6-4-7-15(12)19-11-13-5-2-3-8-16(13)20-10-9-18/h2-8,19H,10-11H2,1H3. The first kappa shape index (κ1) is 14.2. The highest BCUT2D eigenvalue weighted by Crippen LogP contribution is 2.25. The molecule has 0 aliphatic rings. The highest BCUT2D eigenvalue weighted by atomic mass is 35.5. The molecule has 0 bridgehead atoms. The Balaban J connectivity index is 2.11. The minimum Gasteiger partial charge on any atom is -0.478 e. The average molecular weight is 287 g/mol. The van der Waals surface area contributed by atoms with Gasteiger partial charge in [-0.3, -0.25) is 0 Å². The predicted octanol–water partition coefficient (Wildman–Crippen LogP) is 4.16. The third kappa shape index (κ3) is 3.43. The fourth-order valence-electron chi connectivity index (χ4n) is 1.89. The largest absolute Gasteiger partial charge is 0.478 e. The average Bonchev–Trinajstić information content (AvgIpc) is 2.47. The van der Waals surface area contributed by atoms with Gasteiger partial charge in [0.1, 0.15) is 11.8 Å². The van der Waals surface area contributed by atoms with E-state index >= 15 is 0 Å². The Morgan fingerprint density at radius 3 is 2.80 bits per heavy atom. The molecular formula is C16H15ClN2O. The van der Waals surface area contributed by atoms with Gasteiger partial charge in [0.2, 0.25) is 0 Å². The second-order valence-electron chi connectivity index (χ2n) is 4.32. The van der Waals surface area contributed by atoms with Gasteiger partial charge in [0.05, 0.1) is 0 Å². The van der Waals surface area contributed by atoms with E-state index in [4.69, 9.17) is 21.6 Å². The van der Waals surface area contributed by atoms with Gasteiger partial charge in [0.25, 0.3) is 0 Å². The number of hydrogen-bond acceptors (Lipinski definition) is 3. The maximum Gasteiger partial charge on any atom is 0.174 e. The van der Waals surface area contributed by atoms with Crippen LogP contribution >= 0.6 is 11.6 Å². The summed E-state index contributed by atoms with van der Waals surface area (Å²) in [6.45, 7) is 2.64. The lowest BCUT2D eigenvalue weighted by atomic mass is 10.1. The minimum absolute atomic E-state index is 0.0488. The van der Waals surface area contributed by atoms with Crippen LogP contribution in [0.1, 0.15) is 11.1 Å². The van der Waals surface area contributed by atoms with E-state index in [1.54, 1.807) is 0 Å². The second kappa shape index (κ2) is 6.83. The van der Waals surface area contributed by atoms with Crippen LogP contribution in [0.3, 0.4) is 0 Å². The molecule has 4 heteroatoms. The van der Waals surface area contributed by atoms with Crippen molar-refractivity contribution < 1.29 is 4.74 Å². The van der Waals surface area contributed by atoms with Gasteiger partial charge >= 0.3 is 0 Å². The molecule has 0 heterocycles. The molecule has 0 radical (unpaired) electrons. The van der Waals surface area contributed by atoms with Gasteiger partial charge in [-0.2, -0.15) is 5.26 Å². The molecule has 0 amide bonds. The Morgan fingerprint density at radius 2 is 2.00 bits per heavy atom. The second-order valence-corrected chi connectivity index (χ2v) is 4.73. The van der Waals surface area contributed by atoms with Crippen molar-refractivity contribution in [1.29, 1.82) is 5.26 Å². The molecule has 0 fully saturated rings. The highest BCUT2D eigenvalue weighted by molar-refractivity contribution is 6.31. The van der Waals surface area contributed by atoms with E-state index in [9.17, 15) is 0 Å². The van der Waals surface area contributed by atoms with Gasteiger partial charge in [0.15, 0.2) is 6.61 Å². The summed E-state index contributed by atoms with van der Waals surface area (Å²) >= 11 is 6.09. The van der Waals surface area contributed by atoms with E-state index in [1.807, 2.05) is 55.5 Å². The molecular weight excluding hydrogens is 272 g/mol. The van der Waals surface area contributed by atoms with Crippen molar-refractivity contribution in [3.05, 3.63) is 58.6 Å². The van der Waals surface area contributed by atoms with Crippen molar-refractivity contribution in [1.82, 2.24) is 0 Å². The van der Waals surface area contributed by atoms with Crippen LogP contribution in [-0.4, -0.2) is 6.61 Å². The molecule has 2 rings (SSSR count). The van der Waals surface area contributed by atoms with Gasteiger partial charge in [0, 0.05) is 22.8 Å². The molecule has 1 N–H and O–H groups in total. The van der Waals surface area contributed by atoms with Crippen molar-refractivity contribution in [3.63, 3.8) is 0 Å². The number of ether oxygens (including phenoxy) is 1. The third-order valence-corrected chi connectivity index (χ3v) is 3.41. The lowest BCUT2D eigenvalue weighted by molar-refractivity contribution is 0.364. The molecule has 0 spiro atoms. The van der Waals surface area contributed by atoms with Crippen molar-refractivity contribution in [3.8, 4) is 11.8 Å². The summed E-state index contributed by atoms with van der Waals surface area (Å²) in [4.78, 5) is 0. The fraction of sp³-hybridized carbons (Fsp3) is 0.188. The summed E-state index contributed by atoms with van der Waals surface area (Å²) in [5.41, 5.74) is 3.01. The predicted molar refractivity (Wildman–Crippen MR) is 81.1 cm³/mol. The molecule has 20 heavy (non-hydrogen) atoms. The summed E-state index contributed by atoms with van der Waals surface area (Å²) < 4.78 is 5.40. The number of para-hydroxylation sites is 1. The zero-order valence-electron chi connectivity index (χ0n) is 11.2.